The number of benzene rings is 1. The highest BCUT2D eigenvalue weighted by Crippen LogP contribution is 2.35. The molecule has 25 heavy (non-hydrogen) atoms. The van der Waals surface area contributed by atoms with Gasteiger partial charge in [-0.25, -0.2) is 0 Å². The SMILES string of the molecule is CC(C)[C@H]1CC[C@H](C)C[C@@H]1OC(=O)CN1C(=O)c2ccccc2C1=O. The first-order chi connectivity index (χ1) is 11.9. The van der Waals surface area contributed by atoms with Crippen LogP contribution in [0.3, 0.4) is 0 Å². The largest absolute Gasteiger partial charge is 0.461 e. The standard InChI is InChI=1S/C20H25NO4/c1-12(2)14-9-8-13(3)10-17(14)25-18(22)11-21-19(23)15-6-4-5-7-16(15)20(21)24/h4-7,12-14,17H,8-11H2,1-3H3/t13-,14+,17-/m0/s1. The summed E-state index contributed by atoms with van der Waals surface area (Å²) in [6, 6.07) is 6.64. The van der Waals surface area contributed by atoms with Gasteiger partial charge in [0.25, 0.3) is 11.8 Å². The molecule has 1 aromatic carbocycles. The molecule has 1 aliphatic carbocycles. The highest BCUT2D eigenvalue weighted by atomic mass is 16.5. The molecule has 1 fully saturated rings. The number of nitrogens with zero attached hydrogens (tertiary/aromatic N) is 1. The first kappa shape index (κ1) is 17.6. The summed E-state index contributed by atoms with van der Waals surface area (Å²) in [6.07, 6.45) is 2.90. The second-order valence-electron chi connectivity index (χ2n) is 7.60. The predicted molar refractivity (Wildman–Crippen MR) is 93.0 cm³/mol. The van der Waals surface area contributed by atoms with Crippen LogP contribution in [0.15, 0.2) is 24.3 Å². The summed E-state index contributed by atoms with van der Waals surface area (Å²) in [4.78, 5) is 38.1. The number of hydrogen-bond acceptors (Lipinski definition) is 4. The fraction of sp³-hybridized carbons (Fsp3) is 0.550. The van der Waals surface area contributed by atoms with E-state index in [1.807, 2.05) is 0 Å². The smallest absolute Gasteiger partial charge is 0.326 e. The first-order valence-electron chi connectivity index (χ1n) is 9.03. The molecule has 1 saturated carbocycles. The quantitative estimate of drug-likeness (QED) is 0.622. The van der Waals surface area contributed by atoms with Crippen LogP contribution in [0, 0.1) is 17.8 Å². The van der Waals surface area contributed by atoms with E-state index in [-0.39, 0.29) is 12.6 Å². The molecule has 2 aliphatic rings. The lowest BCUT2D eigenvalue weighted by atomic mass is 9.75. The number of amides is 2. The summed E-state index contributed by atoms with van der Waals surface area (Å²) in [5.74, 6) is -0.0526. The van der Waals surface area contributed by atoms with E-state index in [9.17, 15) is 14.4 Å². The first-order valence-corrected chi connectivity index (χ1v) is 9.03. The summed E-state index contributed by atoms with van der Waals surface area (Å²) < 4.78 is 5.71. The monoisotopic (exact) mass is 343 g/mol. The molecule has 0 bridgehead atoms. The second-order valence-corrected chi connectivity index (χ2v) is 7.60. The minimum atomic E-state index is -0.501. The Labute approximate surface area is 148 Å². The van der Waals surface area contributed by atoms with Crippen LogP contribution in [0.1, 0.15) is 60.7 Å². The third kappa shape index (κ3) is 3.46. The third-order valence-corrected chi connectivity index (χ3v) is 5.41. The lowest BCUT2D eigenvalue weighted by Crippen LogP contribution is -2.40. The van der Waals surface area contributed by atoms with Gasteiger partial charge in [0.2, 0.25) is 0 Å². The van der Waals surface area contributed by atoms with Gasteiger partial charge in [-0.2, -0.15) is 0 Å². The zero-order valence-electron chi connectivity index (χ0n) is 15.0. The molecule has 0 saturated heterocycles. The maximum absolute atomic E-state index is 12.4. The van der Waals surface area contributed by atoms with Crippen molar-refractivity contribution in [1.29, 1.82) is 0 Å². The summed E-state index contributed by atoms with van der Waals surface area (Å²) >= 11 is 0. The van der Waals surface area contributed by atoms with Crippen molar-refractivity contribution in [2.75, 3.05) is 6.54 Å². The number of hydrogen-bond donors (Lipinski definition) is 0. The van der Waals surface area contributed by atoms with E-state index in [4.69, 9.17) is 4.74 Å². The van der Waals surface area contributed by atoms with Crippen LogP contribution < -0.4 is 0 Å². The zero-order valence-corrected chi connectivity index (χ0v) is 15.0. The van der Waals surface area contributed by atoms with Crippen molar-refractivity contribution in [3.8, 4) is 0 Å². The molecule has 0 aromatic heterocycles. The van der Waals surface area contributed by atoms with Gasteiger partial charge in [0.1, 0.15) is 12.6 Å². The molecule has 3 rings (SSSR count). The van der Waals surface area contributed by atoms with Gasteiger partial charge in [0.15, 0.2) is 0 Å². The van der Waals surface area contributed by atoms with E-state index in [0.29, 0.717) is 28.9 Å². The van der Waals surface area contributed by atoms with Crippen molar-refractivity contribution in [3.05, 3.63) is 35.4 Å². The van der Waals surface area contributed by atoms with E-state index in [2.05, 4.69) is 20.8 Å². The molecule has 1 aliphatic heterocycles. The molecule has 0 spiro atoms. The molecule has 3 atom stereocenters. The Morgan fingerprint density at radius 2 is 1.76 bits per heavy atom. The van der Waals surface area contributed by atoms with Gasteiger partial charge in [-0.05, 0) is 42.7 Å². The predicted octanol–water partition coefficient (Wildman–Crippen LogP) is 3.29. The van der Waals surface area contributed by atoms with Gasteiger partial charge in [-0.1, -0.05) is 39.3 Å². The van der Waals surface area contributed by atoms with Crippen molar-refractivity contribution < 1.29 is 19.1 Å². The molecule has 2 amide bonds. The zero-order chi connectivity index (χ0) is 18.1. The maximum Gasteiger partial charge on any atom is 0.326 e. The van der Waals surface area contributed by atoms with Crippen molar-refractivity contribution in [1.82, 2.24) is 4.90 Å². The molecule has 134 valence electrons. The second kappa shape index (κ2) is 6.98. The number of fused-ring (bicyclic) bond motifs is 1. The van der Waals surface area contributed by atoms with Crippen LogP contribution in [0.2, 0.25) is 0 Å². The summed E-state index contributed by atoms with van der Waals surface area (Å²) in [5, 5.41) is 0. The van der Waals surface area contributed by atoms with Gasteiger partial charge in [0.05, 0.1) is 11.1 Å². The van der Waals surface area contributed by atoms with Gasteiger partial charge in [0, 0.05) is 0 Å². The molecule has 0 N–H and O–H groups in total. The summed E-state index contributed by atoms with van der Waals surface area (Å²) in [7, 11) is 0. The Balaban J connectivity index is 1.67. The van der Waals surface area contributed by atoms with Gasteiger partial charge in [-0.15, -0.1) is 0 Å². The van der Waals surface area contributed by atoms with Crippen molar-refractivity contribution >= 4 is 17.8 Å². The normalized spacial score (nSPS) is 26.1. The molecular weight excluding hydrogens is 318 g/mol. The van der Waals surface area contributed by atoms with Crippen molar-refractivity contribution in [3.63, 3.8) is 0 Å². The lowest BCUT2D eigenvalue weighted by Gasteiger charge is -2.36. The molecule has 5 nitrogen and oxygen atoms in total. The van der Waals surface area contributed by atoms with Crippen LogP contribution in [-0.2, 0) is 9.53 Å². The van der Waals surface area contributed by atoms with Crippen LogP contribution in [0.5, 0.6) is 0 Å². The Morgan fingerprint density at radius 1 is 1.16 bits per heavy atom. The lowest BCUT2D eigenvalue weighted by molar-refractivity contribution is -0.156. The van der Waals surface area contributed by atoms with E-state index in [1.54, 1.807) is 24.3 Å². The number of carbonyl (C=O) groups excluding carboxylic acids is 3. The number of esters is 1. The van der Waals surface area contributed by atoms with Crippen LogP contribution in [0.25, 0.3) is 0 Å². The Bertz CT molecular complexity index is 662. The fourth-order valence-corrected chi connectivity index (χ4v) is 3.97. The summed E-state index contributed by atoms with van der Waals surface area (Å²) in [6.45, 7) is 6.14. The van der Waals surface area contributed by atoms with Gasteiger partial charge >= 0.3 is 5.97 Å². The van der Waals surface area contributed by atoms with Gasteiger partial charge in [-0.3, -0.25) is 19.3 Å². The third-order valence-electron chi connectivity index (χ3n) is 5.41. The average molecular weight is 343 g/mol. The Kier molecular flexibility index (Phi) is 4.93. The fourth-order valence-electron chi connectivity index (χ4n) is 3.97. The van der Waals surface area contributed by atoms with Crippen LogP contribution in [0.4, 0.5) is 0 Å². The maximum atomic E-state index is 12.4. The van der Waals surface area contributed by atoms with E-state index in [1.165, 1.54) is 0 Å². The van der Waals surface area contributed by atoms with Crippen LogP contribution in [-0.4, -0.2) is 35.3 Å². The Hall–Kier alpha value is -2.17. The molecule has 1 heterocycles. The highest BCUT2D eigenvalue weighted by Gasteiger charge is 2.38. The number of imide groups is 1. The van der Waals surface area contributed by atoms with E-state index in [0.717, 1.165) is 24.2 Å². The Morgan fingerprint density at radius 3 is 2.32 bits per heavy atom. The van der Waals surface area contributed by atoms with Crippen molar-refractivity contribution in [2.24, 2.45) is 17.8 Å². The molecular formula is C20H25NO4. The van der Waals surface area contributed by atoms with E-state index < -0.39 is 17.8 Å². The molecule has 0 radical (unpaired) electrons. The molecule has 0 unspecified atom stereocenters. The number of ether oxygens (including phenoxy) is 1. The highest BCUT2D eigenvalue weighted by molar-refractivity contribution is 6.22. The number of carbonyl (C=O) groups is 3. The molecule has 5 heteroatoms. The topological polar surface area (TPSA) is 63.7 Å². The van der Waals surface area contributed by atoms with Crippen LogP contribution >= 0.6 is 0 Å². The number of rotatable bonds is 4. The van der Waals surface area contributed by atoms with E-state index >= 15 is 0 Å². The minimum absolute atomic E-state index is 0.133. The molecule has 1 aromatic rings. The van der Waals surface area contributed by atoms with Crippen molar-refractivity contribution in [2.45, 2.75) is 46.1 Å². The summed E-state index contributed by atoms with van der Waals surface area (Å²) in [5.41, 5.74) is 0.707. The average Bonchev–Trinajstić information content (AvgIpc) is 2.80. The van der Waals surface area contributed by atoms with Gasteiger partial charge < -0.3 is 4.74 Å². The minimum Gasteiger partial charge on any atom is -0.461 e.